The zero-order valence-corrected chi connectivity index (χ0v) is 18.1. The van der Waals surface area contributed by atoms with Gasteiger partial charge in [-0.05, 0) is 42.0 Å². The highest BCUT2D eigenvalue weighted by atomic mass is 35.5. The van der Waals surface area contributed by atoms with Crippen LogP contribution < -0.4 is 10.0 Å². The smallest absolute Gasteiger partial charge is 0.270 e. The molecule has 4 rings (SSSR count). The third-order valence-electron chi connectivity index (χ3n) is 4.23. The van der Waals surface area contributed by atoms with Gasteiger partial charge in [-0.2, -0.15) is 0 Å². The fourth-order valence-corrected chi connectivity index (χ4v) is 4.61. The van der Waals surface area contributed by atoms with E-state index in [-0.39, 0.29) is 11.5 Å². The zero-order chi connectivity index (χ0) is 21.4. The molecular weight excluding hydrogens is 465 g/mol. The SMILES string of the molecule is O=C([O-])c1cccc(-c2ccc(/C=C3\SC(=S)N(c4ccc(Cl)cc4Cl)C3=O)o2)c1. The largest absolute Gasteiger partial charge is 0.545 e. The van der Waals surface area contributed by atoms with E-state index in [1.165, 1.54) is 17.0 Å². The third kappa shape index (κ3) is 4.02. The maximum Gasteiger partial charge on any atom is 0.270 e. The first-order valence-corrected chi connectivity index (χ1v) is 10.5. The maximum absolute atomic E-state index is 12.9. The van der Waals surface area contributed by atoms with Gasteiger partial charge in [0.25, 0.3) is 5.91 Å². The van der Waals surface area contributed by atoms with E-state index >= 15 is 0 Å². The molecule has 150 valence electrons. The number of carboxylic acid groups (broad SMARTS) is 1. The number of thioether (sulfide) groups is 1. The highest BCUT2D eigenvalue weighted by Gasteiger charge is 2.34. The lowest BCUT2D eigenvalue weighted by Gasteiger charge is -2.16. The van der Waals surface area contributed by atoms with Gasteiger partial charge in [-0.3, -0.25) is 9.69 Å². The van der Waals surface area contributed by atoms with Gasteiger partial charge in [0.2, 0.25) is 0 Å². The van der Waals surface area contributed by atoms with Crippen LogP contribution in [0.2, 0.25) is 10.0 Å². The van der Waals surface area contributed by atoms with Crippen molar-refractivity contribution >= 4 is 75.1 Å². The van der Waals surface area contributed by atoms with Crippen molar-refractivity contribution in [2.45, 2.75) is 0 Å². The number of rotatable bonds is 4. The van der Waals surface area contributed by atoms with Gasteiger partial charge < -0.3 is 14.3 Å². The number of hydrogen-bond acceptors (Lipinski definition) is 6. The number of benzene rings is 2. The average molecular weight is 475 g/mol. The number of aromatic carboxylic acids is 1. The second-order valence-corrected chi connectivity index (χ2v) is 8.70. The molecule has 0 radical (unpaired) electrons. The van der Waals surface area contributed by atoms with E-state index in [0.717, 1.165) is 11.8 Å². The van der Waals surface area contributed by atoms with Crippen LogP contribution in [0.25, 0.3) is 17.4 Å². The molecule has 1 aliphatic rings. The Bertz CT molecular complexity index is 1240. The number of anilines is 1. The van der Waals surface area contributed by atoms with E-state index in [0.29, 0.717) is 42.0 Å². The number of hydrogen-bond donors (Lipinski definition) is 0. The minimum atomic E-state index is -1.27. The van der Waals surface area contributed by atoms with Crippen molar-refractivity contribution in [3.63, 3.8) is 0 Å². The number of furan rings is 1. The quantitative estimate of drug-likeness (QED) is 0.390. The summed E-state index contributed by atoms with van der Waals surface area (Å²) in [6.07, 6.45) is 1.58. The van der Waals surface area contributed by atoms with Crippen LogP contribution in [0.15, 0.2) is 63.9 Å². The van der Waals surface area contributed by atoms with Gasteiger partial charge in [-0.15, -0.1) is 0 Å². The third-order valence-corrected chi connectivity index (χ3v) is 6.07. The fourth-order valence-electron chi connectivity index (χ4n) is 2.85. The molecule has 1 amide bonds. The lowest BCUT2D eigenvalue weighted by atomic mass is 10.1. The summed E-state index contributed by atoms with van der Waals surface area (Å²) in [6.45, 7) is 0. The number of carbonyl (C=O) groups excluding carboxylic acids is 2. The fraction of sp³-hybridized carbons (Fsp3) is 0. The zero-order valence-electron chi connectivity index (χ0n) is 14.9. The highest BCUT2D eigenvalue weighted by molar-refractivity contribution is 8.27. The minimum Gasteiger partial charge on any atom is -0.545 e. The van der Waals surface area contributed by atoms with Crippen LogP contribution in [-0.4, -0.2) is 16.2 Å². The van der Waals surface area contributed by atoms with Gasteiger partial charge in [0.05, 0.1) is 21.6 Å². The Morgan fingerprint density at radius 1 is 1.13 bits per heavy atom. The number of thiocarbonyl (C=S) groups is 1. The standard InChI is InChI=1S/C21H11Cl2NO4S2/c22-13-4-6-16(15(23)9-13)24-19(25)18(30-21(24)29)10-14-5-7-17(28-14)11-2-1-3-12(8-11)20(26)27/h1-10H,(H,26,27)/p-1/b18-10-. The van der Waals surface area contributed by atoms with Crippen molar-refractivity contribution in [3.8, 4) is 11.3 Å². The molecule has 0 spiro atoms. The lowest BCUT2D eigenvalue weighted by molar-refractivity contribution is -0.255. The summed E-state index contributed by atoms with van der Waals surface area (Å²) in [6, 6.07) is 14.4. The van der Waals surface area contributed by atoms with E-state index in [1.54, 1.807) is 48.5 Å². The normalized spacial score (nSPS) is 15.3. The summed E-state index contributed by atoms with van der Waals surface area (Å²) < 4.78 is 6.11. The van der Waals surface area contributed by atoms with Crippen molar-refractivity contribution in [2.75, 3.05) is 4.90 Å². The van der Waals surface area contributed by atoms with Crippen molar-refractivity contribution in [1.29, 1.82) is 0 Å². The molecular formula is C21H10Cl2NO4S2-. The molecule has 2 heterocycles. The second-order valence-electron chi connectivity index (χ2n) is 6.18. The van der Waals surface area contributed by atoms with Crippen LogP contribution in [-0.2, 0) is 4.79 Å². The van der Waals surface area contributed by atoms with Gasteiger partial charge in [0.15, 0.2) is 4.32 Å². The molecule has 1 aliphatic heterocycles. The van der Waals surface area contributed by atoms with Crippen LogP contribution in [0.4, 0.5) is 5.69 Å². The number of carboxylic acids is 1. The number of halogens is 2. The predicted octanol–water partition coefficient (Wildman–Crippen LogP) is 5.02. The molecule has 0 saturated carbocycles. The van der Waals surface area contributed by atoms with Crippen LogP contribution >= 0.6 is 47.2 Å². The molecule has 1 aromatic heterocycles. The average Bonchev–Trinajstić information content (AvgIpc) is 3.28. The van der Waals surface area contributed by atoms with Crippen molar-refractivity contribution in [1.82, 2.24) is 0 Å². The van der Waals surface area contributed by atoms with Gasteiger partial charge in [-0.1, -0.05) is 65.4 Å². The molecule has 0 aliphatic carbocycles. The monoisotopic (exact) mass is 474 g/mol. The van der Waals surface area contributed by atoms with Crippen molar-refractivity contribution < 1.29 is 19.1 Å². The highest BCUT2D eigenvalue weighted by Crippen LogP contribution is 2.40. The number of carbonyl (C=O) groups is 2. The number of amides is 1. The van der Waals surface area contributed by atoms with E-state index in [2.05, 4.69) is 0 Å². The van der Waals surface area contributed by atoms with Gasteiger partial charge in [0, 0.05) is 16.7 Å². The Hall–Kier alpha value is -2.58. The molecule has 0 atom stereocenters. The first-order chi connectivity index (χ1) is 14.3. The molecule has 1 saturated heterocycles. The Balaban J connectivity index is 1.62. The molecule has 0 unspecified atom stereocenters. The summed E-state index contributed by atoms with van der Waals surface area (Å²) >= 11 is 18.6. The molecule has 2 aromatic carbocycles. The molecule has 1 fully saturated rings. The Kier molecular flexibility index (Phi) is 5.71. The first-order valence-electron chi connectivity index (χ1n) is 8.48. The molecule has 5 nitrogen and oxygen atoms in total. The lowest BCUT2D eigenvalue weighted by Crippen LogP contribution is -2.27. The van der Waals surface area contributed by atoms with E-state index in [1.807, 2.05) is 0 Å². The Morgan fingerprint density at radius 3 is 2.67 bits per heavy atom. The summed E-state index contributed by atoms with van der Waals surface area (Å²) in [4.78, 5) is 25.7. The van der Waals surface area contributed by atoms with Crippen LogP contribution in [0.3, 0.4) is 0 Å². The molecule has 0 bridgehead atoms. The van der Waals surface area contributed by atoms with E-state index in [4.69, 9.17) is 39.8 Å². The number of nitrogens with zero attached hydrogens (tertiary/aromatic N) is 1. The Morgan fingerprint density at radius 2 is 1.93 bits per heavy atom. The van der Waals surface area contributed by atoms with Crippen LogP contribution in [0.5, 0.6) is 0 Å². The van der Waals surface area contributed by atoms with Gasteiger partial charge in [0.1, 0.15) is 11.5 Å². The summed E-state index contributed by atoms with van der Waals surface area (Å²) in [5, 5.41) is 11.8. The maximum atomic E-state index is 12.9. The summed E-state index contributed by atoms with van der Waals surface area (Å²) in [7, 11) is 0. The predicted molar refractivity (Wildman–Crippen MR) is 121 cm³/mol. The van der Waals surface area contributed by atoms with E-state index in [9.17, 15) is 14.7 Å². The Labute approximate surface area is 190 Å². The molecule has 30 heavy (non-hydrogen) atoms. The molecule has 9 heteroatoms. The van der Waals surface area contributed by atoms with Crippen molar-refractivity contribution in [2.24, 2.45) is 0 Å². The molecule has 3 aromatic rings. The summed E-state index contributed by atoms with van der Waals surface area (Å²) in [5.74, 6) is -0.716. The van der Waals surface area contributed by atoms with Gasteiger partial charge in [-0.25, -0.2) is 0 Å². The van der Waals surface area contributed by atoms with Crippen molar-refractivity contribution in [3.05, 3.63) is 80.9 Å². The van der Waals surface area contributed by atoms with Gasteiger partial charge >= 0.3 is 0 Å². The second kappa shape index (κ2) is 8.28. The summed E-state index contributed by atoms with van der Waals surface area (Å²) in [5.41, 5.74) is 1.08. The molecule has 0 N–H and O–H groups in total. The van der Waals surface area contributed by atoms with Crippen LogP contribution in [0, 0.1) is 0 Å². The van der Waals surface area contributed by atoms with E-state index < -0.39 is 5.97 Å². The van der Waals surface area contributed by atoms with Crippen LogP contribution in [0.1, 0.15) is 16.1 Å². The first kappa shape index (κ1) is 20.7. The minimum absolute atomic E-state index is 0.0474. The topological polar surface area (TPSA) is 73.6 Å².